The molecule has 1 aliphatic heterocycles. The molecule has 0 amide bonds. The first-order valence-corrected chi connectivity index (χ1v) is 5.16. The van der Waals surface area contributed by atoms with Gasteiger partial charge in [-0.1, -0.05) is 24.3 Å². The van der Waals surface area contributed by atoms with Crippen LogP contribution in [0.25, 0.3) is 0 Å². The minimum Gasteiger partial charge on any atom is -0.353 e. The standard InChI is InChI=1S/C12H16O2/c1-10-13-8-4-7-11-5-2-3-6-12(11)9-14-10/h2-3,5-6,10H,4,7-9H2,1H3. The molecule has 14 heavy (non-hydrogen) atoms. The van der Waals surface area contributed by atoms with Crippen molar-refractivity contribution in [3.8, 4) is 0 Å². The molecule has 1 unspecified atom stereocenters. The average molecular weight is 192 g/mol. The lowest BCUT2D eigenvalue weighted by molar-refractivity contribution is -0.136. The first-order valence-electron chi connectivity index (χ1n) is 5.16. The molecule has 1 aromatic rings. The third-order valence-electron chi connectivity index (χ3n) is 2.53. The van der Waals surface area contributed by atoms with Crippen molar-refractivity contribution in [2.45, 2.75) is 32.7 Å². The van der Waals surface area contributed by atoms with Crippen LogP contribution in [0.5, 0.6) is 0 Å². The van der Waals surface area contributed by atoms with Crippen molar-refractivity contribution in [1.82, 2.24) is 0 Å². The molecule has 76 valence electrons. The number of benzene rings is 1. The summed E-state index contributed by atoms with van der Waals surface area (Å²) in [5.74, 6) is 0. The van der Waals surface area contributed by atoms with Crippen molar-refractivity contribution in [2.75, 3.05) is 6.61 Å². The van der Waals surface area contributed by atoms with Gasteiger partial charge in [-0.25, -0.2) is 0 Å². The van der Waals surface area contributed by atoms with Gasteiger partial charge in [0, 0.05) is 0 Å². The van der Waals surface area contributed by atoms with Crippen LogP contribution in [-0.4, -0.2) is 12.9 Å². The van der Waals surface area contributed by atoms with Crippen molar-refractivity contribution in [3.63, 3.8) is 0 Å². The molecule has 2 rings (SSSR count). The van der Waals surface area contributed by atoms with Crippen LogP contribution >= 0.6 is 0 Å². The number of ether oxygens (including phenoxy) is 2. The molecule has 0 fully saturated rings. The second kappa shape index (κ2) is 4.58. The van der Waals surface area contributed by atoms with E-state index in [1.165, 1.54) is 11.1 Å². The summed E-state index contributed by atoms with van der Waals surface area (Å²) in [4.78, 5) is 0. The van der Waals surface area contributed by atoms with Crippen LogP contribution < -0.4 is 0 Å². The third kappa shape index (κ3) is 2.34. The number of hydrogen-bond donors (Lipinski definition) is 0. The van der Waals surface area contributed by atoms with Gasteiger partial charge in [0.2, 0.25) is 0 Å². The molecule has 0 N–H and O–H groups in total. The molecule has 2 heteroatoms. The van der Waals surface area contributed by atoms with Crippen LogP contribution in [0.15, 0.2) is 24.3 Å². The zero-order valence-corrected chi connectivity index (χ0v) is 8.53. The summed E-state index contributed by atoms with van der Waals surface area (Å²) in [6.07, 6.45) is 2.08. The lowest BCUT2D eigenvalue weighted by Crippen LogP contribution is -2.12. The number of hydrogen-bond acceptors (Lipinski definition) is 2. The van der Waals surface area contributed by atoms with Gasteiger partial charge in [-0.3, -0.25) is 0 Å². The lowest BCUT2D eigenvalue weighted by atomic mass is 10.0. The maximum atomic E-state index is 5.57. The average Bonchev–Trinajstić information content (AvgIpc) is 2.30. The SMILES string of the molecule is CC1OCCCc2ccccc2CO1. The fourth-order valence-electron chi connectivity index (χ4n) is 1.71. The smallest absolute Gasteiger partial charge is 0.155 e. The second-order valence-corrected chi connectivity index (χ2v) is 3.62. The molecule has 0 aliphatic carbocycles. The summed E-state index contributed by atoms with van der Waals surface area (Å²) in [6, 6.07) is 8.45. The maximum absolute atomic E-state index is 5.57. The normalized spacial score (nSPS) is 23.1. The van der Waals surface area contributed by atoms with E-state index >= 15 is 0 Å². The molecule has 1 aliphatic rings. The molecule has 0 aromatic heterocycles. The Morgan fingerprint density at radius 2 is 1.93 bits per heavy atom. The molecule has 0 radical (unpaired) electrons. The molecule has 0 spiro atoms. The molecule has 0 saturated heterocycles. The number of fused-ring (bicyclic) bond motifs is 1. The van der Waals surface area contributed by atoms with Crippen molar-refractivity contribution in [1.29, 1.82) is 0 Å². The van der Waals surface area contributed by atoms with Gasteiger partial charge in [-0.2, -0.15) is 0 Å². The van der Waals surface area contributed by atoms with Gasteiger partial charge >= 0.3 is 0 Å². The van der Waals surface area contributed by atoms with E-state index in [-0.39, 0.29) is 6.29 Å². The largest absolute Gasteiger partial charge is 0.353 e. The van der Waals surface area contributed by atoms with E-state index in [0.717, 1.165) is 19.4 Å². The van der Waals surface area contributed by atoms with Crippen LogP contribution in [0, 0.1) is 0 Å². The fraction of sp³-hybridized carbons (Fsp3) is 0.500. The molecular weight excluding hydrogens is 176 g/mol. The quantitative estimate of drug-likeness (QED) is 0.628. The molecule has 1 heterocycles. The van der Waals surface area contributed by atoms with Crippen LogP contribution in [-0.2, 0) is 22.5 Å². The lowest BCUT2D eigenvalue weighted by Gasteiger charge is -2.12. The van der Waals surface area contributed by atoms with Crippen LogP contribution in [0.1, 0.15) is 24.5 Å². The van der Waals surface area contributed by atoms with Gasteiger partial charge in [0.05, 0.1) is 13.2 Å². The van der Waals surface area contributed by atoms with E-state index in [1.807, 2.05) is 6.92 Å². The Labute approximate surface area is 84.8 Å². The third-order valence-corrected chi connectivity index (χ3v) is 2.53. The highest BCUT2D eigenvalue weighted by molar-refractivity contribution is 5.26. The first kappa shape index (κ1) is 9.69. The maximum Gasteiger partial charge on any atom is 0.155 e. The highest BCUT2D eigenvalue weighted by atomic mass is 16.7. The number of aryl methyl sites for hydroxylation is 1. The summed E-state index contributed by atoms with van der Waals surface area (Å²) in [5.41, 5.74) is 2.69. The monoisotopic (exact) mass is 192 g/mol. The molecule has 0 bridgehead atoms. The minimum absolute atomic E-state index is 0.0823. The van der Waals surface area contributed by atoms with Gasteiger partial charge in [0.1, 0.15) is 0 Å². The highest BCUT2D eigenvalue weighted by Crippen LogP contribution is 2.15. The predicted molar refractivity (Wildman–Crippen MR) is 55.0 cm³/mol. The Morgan fingerprint density at radius 3 is 2.79 bits per heavy atom. The highest BCUT2D eigenvalue weighted by Gasteiger charge is 2.08. The van der Waals surface area contributed by atoms with E-state index in [4.69, 9.17) is 9.47 Å². The van der Waals surface area contributed by atoms with E-state index < -0.39 is 0 Å². The summed E-state index contributed by atoms with van der Waals surface area (Å²) >= 11 is 0. The Bertz CT molecular complexity index is 296. The van der Waals surface area contributed by atoms with Crippen LogP contribution in [0.3, 0.4) is 0 Å². The van der Waals surface area contributed by atoms with Gasteiger partial charge in [-0.15, -0.1) is 0 Å². The van der Waals surface area contributed by atoms with Crippen LogP contribution in [0.2, 0.25) is 0 Å². The van der Waals surface area contributed by atoms with Crippen molar-refractivity contribution < 1.29 is 9.47 Å². The van der Waals surface area contributed by atoms with Gasteiger partial charge in [0.15, 0.2) is 6.29 Å². The van der Waals surface area contributed by atoms with E-state index in [9.17, 15) is 0 Å². The molecule has 2 nitrogen and oxygen atoms in total. The summed E-state index contributed by atoms with van der Waals surface area (Å²) in [5, 5.41) is 0. The van der Waals surface area contributed by atoms with E-state index in [0.29, 0.717) is 6.61 Å². The molecule has 1 aromatic carbocycles. The Kier molecular flexibility index (Phi) is 3.17. The number of rotatable bonds is 0. The fourth-order valence-corrected chi connectivity index (χ4v) is 1.71. The van der Waals surface area contributed by atoms with Gasteiger partial charge in [0.25, 0.3) is 0 Å². The zero-order valence-electron chi connectivity index (χ0n) is 8.53. The molecular formula is C12H16O2. The molecule has 0 saturated carbocycles. The predicted octanol–water partition coefficient (Wildman–Crippen LogP) is 2.51. The van der Waals surface area contributed by atoms with Gasteiger partial charge < -0.3 is 9.47 Å². The summed E-state index contributed by atoms with van der Waals surface area (Å²) in [6.45, 7) is 3.40. The summed E-state index contributed by atoms with van der Waals surface area (Å²) < 4.78 is 11.0. The van der Waals surface area contributed by atoms with Gasteiger partial charge in [-0.05, 0) is 30.9 Å². The molecule has 1 atom stereocenters. The Balaban J connectivity index is 2.16. The van der Waals surface area contributed by atoms with Crippen molar-refractivity contribution in [2.24, 2.45) is 0 Å². The van der Waals surface area contributed by atoms with E-state index in [2.05, 4.69) is 24.3 Å². The Hall–Kier alpha value is -0.860. The minimum atomic E-state index is -0.0823. The van der Waals surface area contributed by atoms with Crippen molar-refractivity contribution >= 4 is 0 Å². The topological polar surface area (TPSA) is 18.5 Å². The second-order valence-electron chi connectivity index (χ2n) is 3.62. The van der Waals surface area contributed by atoms with Crippen molar-refractivity contribution in [3.05, 3.63) is 35.4 Å². The first-order chi connectivity index (χ1) is 6.86. The van der Waals surface area contributed by atoms with Crippen LogP contribution in [0.4, 0.5) is 0 Å². The van der Waals surface area contributed by atoms with E-state index in [1.54, 1.807) is 0 Å². The summed E-state index contributed by atoms with van der Waals surface area (Å²) in [7, 11) is 0. The zero-order chi connectivity index (χ0) is 9.80. The Morgan fingerprint density at radius 1 is 1.14 bits per heavy atom.